The van der Waals surface area contributed by atoms with Gasteiger partial charge in [-0.25, -0.2) is 4.98 Å². The molecule has 1 N–H and O–H groups in total. The van der Waals surface area contributed by atoms with Gasteiger partial charge in [0.2, 0.25) is 0 Å². The van der Waals surface area contributed by atoms with E-state index in [2.05, 4.69) is 33.7 Å². The molecule has 2 aliphatic rings. The SMILES string of the molecule is Cn1ccnc1CN1CCC[C@H]2NCCC[C@@]21C. The Bertz CT molecular complexity index is 412. The topological polar surface area (TPSA) is 33.1 Å². The molecule has 3 rings (SSSR count). The average molecular weight is 248 g/mol. The largest absolute Gasteiger partial charge is 0.337 e. The summed E-state index contributed by atoms with van der Waals surface area (Å²) in [6.07, 6.45) is 9.18. The molecule has 0 amide bonds. The molecule has 2 aliphatic heterocycles. The molecule has 0 aromatic carbocycles. The zero-order valence-corrected chi connectivity index (χ0v) is 11.5. The van der Waals surface area contributed by atoms with Crippen molar-refractivity contribution in [3.8, 4) is 0 Å². The van der Waals surface area contributed by atoms with Crippen molar-refractivity contribution >= 4 is 0 Å². The third kappa shape index (κ3) is 1.97. The number of hydrogen-bond donors (Lipinski definition) is 1. The molecule has 0 radical (unpaired) electrons. The normalized spacial score (nSPS) is 33.3. The fraction of sp³-hybridized carbons (Fsp3) is 0.786. The monoisotopic (exact) mass is 248 g/mol. The predicted octanol–water partition coefficient (Wildman–Crippen LogP) is 1.53. The molecular formula is C14H24N4. The van der Waals surface area contributed by atoms with Crippen molar-refractivity contribution in [2.45, 2.75) is 50.7 Å². The Hall–Kier alpha value is -0.870. The minimum absolute atomic E-state index is 0.322. The zero-order chi connectivity index (χ0) is 12.6. The number of rotatable bonds is 2. The Morgan fingerprint density at radius 2 is 2.39 bits per heavy atom. The molecule has 2 fully saturated rings. The van der Waals surface area contributed by atoms with Crippen molar-refractivity contribution in [3.05, 3.63) is 18.2 Å². The lowest BCUT2D eigenvalue weighted by Crippen LogP contribution is -2.64. The highest BCUT2D eigenvalue weighted by atomic mass is 15.3. The van der Waals surface area contributed by atoms with Crippen molar-refractivity contribution < 1.29 is 0 Å². The summed E-state index contributed by atoms with van der Waals surface area (Å²) in [6, 6.07) is 0.667. The van der Waals surface area contributed by atoms with Crippen LogP contribution in [0.2, 0.25) is 0 Å². The van der Waals surface area contributed by atoms with Crippen LogP contribution in [-0.2, 0) is 13.6 Å². The van der Waals surface area contributed by atoms with Gasteiger partial charge in [0.25, 0.3) is 0 Å². The lowest BCUT2D eigenvalue weighted by atomic mass is 9.77. The average Bonchev–Trinajstić information content (AvgIpc) is 2.76. The minimum atomic E-state index is 0.322. The number of fused-ring (bicyclic) bond motifs is 1. The maximum atomic E-state index is 4.48. The third-order valence-corrected chi connectivity index (χ3v) is 4.90. The summed E-state index contributed by atoms with van der Waals surface area (Å²) in [5.74, 6) is 1.18. The van der Waals surface area contributed by atoms with E-state index in [1.165, 1.54) is 44.6 Å². The van der Waals surface area contributed by atoms with Gasteiger partial charge in [0.1, 0.15) is 5.82 Å². The second-order valence-electron chi connectivity index (χ2n) is 5.99. The van der Waals surface area contributed by atoms with Crippen LogP contribution in [0.5, 0.6) is 0 Å². The highest BCUT2D eigenvalue weighted by molar-refractivity contribution is 5.04. The van der Waals surface area contributed by atoms with Gasteiger partial charge in [-0.1, -0.05) is 0 Å². The number of hydrogen-bond acceptors (Lipinski definition) is 3. The third-order valence-electron chi connectivity index (χ3n) is 4.90. The first-order valence-electron chi connectivity index (χ1n) is 7.15. The quantitative estimate of drug-likeness (QED) is 0.861. The summed E-state index contributed by atoms with van der Waals surface area (Å²) >= 11 is 0. The number of nitrogens with one attached hydrogen (secondary N) is 1. The van der Waals surface area contributed by atoms with Gasteiger partial charge < -0.3 is 9.88 Å². The molecule has 4 nitrogen and oxygen atoms in total. The molecule has 2 saturated heterocycles. The van der Waals surface area contributed by atoms with Crippen molar-refractivity contribution in [2.24, 2.45) is 7.05 Å². The van der Waals surface area contributed by atoms with Crippen molar-refractivity contribution in [1.82, 2.24) is 19.8 Å². The van der Waals surface area contributed by atoms with E-state index in [0.717, 1.165) is 6.54 Å². The molecular weight excluding hydrogens is 224 g/mol. The van der Waals surface area contributed by atoms with Crippen molar-refractivity contribution in [1.29, 1.82) is 0 Å². The summed E-state index contributed by atoms with van der Waals surface area (Å²) in [7, 11) is 2.09. The Kier molecular flexibility index (Phi) is 3.16. The highest BCUT2D eigenvalue weighted by Crippen LogP contribution is 2.35. The molecule has 100 valence electrons. The molecule has 3 heterocycles. The molecule has 1 aromatic heterocycles. The van der Waals surface area contributed by atoms with E-state index in [9.17, 15) is 0 Å². The van der Waals surface area contributed by atoms with Crippen LogP contribution < -0.4 is 5.32 Å². The first-order chi connectivity index (χ1) is 8.70. The molecule has 0 spiro atoms. The van der Waals surface area contributed by atoms with Gasteiger partial charge in [0.15, 0.2) is 0 Å². The second kappa shape index (κ2) is 4.67. The summed E-state index contributed by atoms with van der Waals surface area (Å²) < 4.78 is 2.14. The van der Waals surface area contributed by atoms with E-state index in [-0.39, 0.29) is 0 Å². The van der Waals surface area contributed by atoms with Crippen LogP contribution in [0.3, 0.4) is 0 Å². The molecule has 0 unspecified atom stereocenters. The van der Waals surface area contributed by atoms with E-state index < -0.39 is 0 Å². The van der Waals surface area contributed by atoms with Crippen LogP contribution in [-0.4, -0.2) is 39.1 Å². The molecule has 1 aromatic rings. The summed E-state index contributed by atoms with van der Waals surface area (Å²) in [5.41, 5.74) is 0.322. The van der Waals surface area contributed by atoms with Gasteiger partial charge in [-0.15, -0.1) is 0 Å². The second-order valence-corrected chi connectivity index (χ2v) is 5.99. The van der Waals surface area contributed by atoms with Gasteiger partial charge in [0.05, 0.1) is 6.54 Å². The summed E-state index contributed by atoms with van der Waals surface area (Å²) in [6.45, 7) is 5.82. The van der Waals surface area contributed by atoms with E-state index in [1.807, 2.05) is 12.4 Å². The Balaban J connectivity index is 1.80. The molecule has 0 aliphatic carbocycles. The van der Waals surface area contributed by atoms with Crippen molar-refractivity contribution in [2.75, 3.05) is 13.1 Å². The number of aromatic nitrogens is 2. The van der Waals surface area contributed by atoms with E-state index >= 15 is 0 Å². The van der Waals surface area contributed by atoms with Gasteiger partial charge in [-0.2, -0.15) is 0 Å². The standard InChI is InChI=1S/C14H24N4/c1-14-6-4-7-15-12(14)5-3-9-18(14)11-13-16-8-10-17(13)2/h8,10,12,15H,3-7,9,11H2,1-2H3/t12-,14+/m1/s1. The van der Waals surface area contributed by atoms with Crippen LogP contribution in [0.1, 0.15) is 38.4 Å². The van der Waals surface area contributed by atoms with Crippen LogP contribution in [0.25, 0.3) is 0 Å². The number of nitrogens with zero attached hydrogens (tertiary/aromatic N) is 3. The van der Waals surface area contributed by atoms with E-state index in [1.54, 1.807) is 0 Å². The lowest BCUT2D eigenvalue weighted by Gasteiger charge is -2.53. The number of piperidine rings is 2. The van der Waals surface area contributed by atoms with Gasteiger partial charge in [0, 0.05) is 31.0 Å². The zero-order valence-electron chi connectivity index (χ0n) is 11.5. The summed E-state index contributed by atoms with van der Waals surface area (Å²) in [5, 5.41) is 3.72. The first kappa shape index (κ1) is 12.2. The van der Waals surface area contributed by atoms with E-state index in [4.69, 9.17) is 0 Å². The maximum absolute atomic E-state index is 4.48. The lowest BCUT2D eigenvalue weighted by molar-refractivity contribution is -0.00323. The number of aryl methyl sites for hydroxylation is 1. The molecule has 0 saturated carbocycles. The molecule has 2 atom stereocenters. The smallest absolute Gasteiger partial charge is 0.122 e. The first-order valence-corrected chi connectivity index (χ1v) is 7.15. The molecule has 4 heteroatoms. The Morgan fingerprint density at radius 3 is 3.17 bits per heavy atom. The van der Waals surface area contributed by atoms with Crippen molar-refractivity contribution in [3.63, 3.8) is 0 Å². The van der Waals surface area contributed by atoms with Gasteiger partial charge in [-0.05, 0) is 45.7 Å². The van der Waals surface area contributed by atoms with Gasteiger partial charge >= 0.3 is 0 Å². The van der Waals surface area contributed by atoms with Crippen LogP contribution >= 0.6 is 0 Å². The minimum Gasteiger partial charge on any atom is -0.337 e. The summed E-state index contributed by atoms with van der Waals surface area (Å²) in [4.78, 5) is 7.13. The number of imidazole rings is 1. The van der Waals surface area contributed by atoms with Gasteiger partial charge in [-0.3, -0.25) is 4.90 Å². The van der Waals surface area contributed by atoms with E-state index in [0.29, 0.717) is 11.6 Å². The Morgan fingerprint density at radius 1 is 1.50 bits per heavy atom. The fourth-order valence-electron chi connectivity index (χ4n) is 3.63. The maximum Gasteiger partial charge on any atom is 0.122 e. The fourth-order valence-corrected chi connectivity index (χ4v) is 3.63. The Labute approximate surface area is 109 Å². The number of likely N-dealkylation sites (tertiary alicyclic amines) is 1. The van der Waals surface area contributed by atoms with Crippen LogP contribution in [0.4, 0.5) is 0 Å². The highest BCUT2D eigenvalue weighted by Gasteiger charge is 2.43. The molecule has 18 heavy (non-hydrogen) atoms. The predicted molar refractivity (Wildman–Crippen MR) is 72.3 cm³/mol. The van der Waals surface area contributed by atoms with Crippen LogP contribution in [0.15, 0.2) is 12.4 Å². The molecule has 0 bridgehead atoms. The van der Waals surface area contributed by atoms with Crippen LogP contribution in [0, 0.1) is 0 Å².